The summed E-state index contributed by atoms with van der Waals surface area (Å²) < 4.78 is 29.6. The van der Waals surface area contributed by atoms with Crippen LogP contribution in [-0.4, -0.2) is 18.4 Å². The van der Waals surface area contributed by atoms with E-state index in [1.54, 1.807) is 18.3 Å². The first-order valence-electron chi connectivity index (χ1n) is 10.9. The Hall–Kier alpha value is -3.45. The molecule has 0 amide bonds. The van der Waals surface area contributed by atoms with Gasteiger partial charge < -0.3 is 5.32 Å². The molecule has 1 aliphatic rings. The van der Waals surface area contributed by atoms with E-state index in [4.69, 9.17) is 0 Å². The van der Waals surface area contributed by atoms with Gasteiger partial charge in [0.25, 0.3) is 10.0 Å². The number of pyridine rings is 2. The van der Waals surface area contributed by atoms with Crippen molar-refractivity contribution in [1.29, 1.82) is 0 Å². The number of nitrogens with one attached hydrogen (secondary N) is 1. The Morgan fingerprint density at radius 2 is 1.73 bits per heavy atom. The van der Waals surface area contributed by atoms with Crippen LogP contribution in [0.15, 0.2) is 71.8 Å². The van der Waals surface area contributed by atoms with E-state index in [1.807, 2.05) is 55.5 Å². The van der Waals surface area contributed by atoms with Gasteiger partial charge in [0.2, 0.25) is 0 Å². The number of sulfonamides is 1. The lowest BCUT2D eigenvalue weighted by atomic mass is 9.87. The first-order chi connectivity index (χ1) is 15.6. The molecule has 5 rings (SSSR count). The van der Waals surface area contributed by atoms with Crippen molar-refractivity contribution >= 4 is 38.1 Å². The van der Waals surface area contributed by atoms with Crippen molar-refractivity contribution in [2.45, 2.75) is 44.6 Å². The molecule has 33 heavy (non-hydrogen) atoms. The van der Waals surface area contributed by atoms with Gasteiger partial charge in [0, 0.05) is 22.8 Å². The molecule has 0 aliphatic carbocycles. The summed E-state index contributed by atoms with van der Waals surface area (Å²) in [6, 6.07) is 18.5. The third-order valence-electron chi connectivity index (χ3n) is 6.00. The van der Waals surface area contributed by atoms with Crippen LogP contribution in [0.5, 0.6) is 0 Å². The molecule has 0 spiro atoms. The highest BCUT2D eigenvalue weighted by atomic mass is 32.2. The summed E-state index contributed by atoms with van der Waals surface area (Å²) in [7, 11) is -3.87. The summed E-state index contributed by atoms with van der Waals surface area (Å²) >= 11 is 0. The van der Waals surface area contributed by atoms with Crippen LogP contribution < -0.4 is 9.62 Å². The fourth-order valence-corrected chi connectivity index (χ4v) is 5.63. The number of anilines is 3. The lowest BCUT2D eigenvalue weighted by Gasteiger charge is -2.26. The van der Waals surface area contributed by atoms with Gasteiger partial charge in [-0.05, 0) is 60.4 Å². The summed E-state index contributed by atoms with van der Waals surface area (Å²) in [5, 5.41) is 4.14. The third kappa shape index (κ3) is 3.72. The van der Waals surface area contributed by atoms with Gasteiger partial charge >= 0.3 is 0 Å². The summed E-state index contributed by atoms with van der Waals surface area (Å²) in [4.78, 5) is 9.33. The smallest absolute Gasteiger partial charge is 0.264 e. The van der Waals surface area contributed by atoms with Crippen LogP contribution >= 0.6 is 0 Å². The molecule has 0 atom stereocenters. The number of aromatic nitrogens is 2. The minimum absolute atomic E-state index is 0.0637. The zero-order valence-electron chi connectivity index (χ0n) is 19.1. The number of aryl methyl sites for hydroxylation is 1. The number of nitrogens with zero attached hydrogens (tertiary/aromatic N) is 3. The van der Waals surface area contributed by atoms with Crippen LogP contribution in [0.2, 0.25) is 0 Å². The van der Waals surface area contributed by atoms with Gasteiger partial charge in [-0.15, -0.1) is 0 Å². The number of rotatable bonds is 2. The molecule has 1 N–H and O–H groups in total. The summed E-state index contributed by atoms with van der Waals surface area (Å²) in [6.45, 7) is 8.41. The van der Waals surface area contributed by atoms with Crippen LogP contribution in [0.1, 0.15) is 37.6 Å². The summed E-state index contributed by atoms with van der Waals surface area (Å²) in [5.41, 5.74) is 4.68. The van der Waals surface area contributed by atoms with Crippen molar-refractivity contribution in [3.8, 4) is 0 Å². The van der Waals surface area contributed by atoms with Crippen molar-refractivity contribution in [1.82, 2.24) is 9.97 Å². The highest BCUT2D eigenvalue weighted by Gasteiger charge is 2.32. The Morgan fingerprint density at radius 3 is 2.45 bits per heavy atom. The van der Waals surface area contributed by atoms with Gasteiger partial charge in [-0.25, -0.2) is 13.4 Å². The minimum Gasteiger partial charge on any atom is -0.338 e. The molecule has 168 valence electrons. The van der Waals surface area contributed by atoms with E-state index in [1.165, 1.54) is 4.31 Å². The molecule has 3 heterocycles. The second-order valence-electron chi connectivity index (χ2n) is 9.40. The maximum Gasteiger partial charge on any atom is 0.264 e. The molecule has 7 heteroatoms. The van der Waals surface area contributed by atoms with Crippen molar-refractivity contribution in [2.75, 3.05) is 9.62 Å². The maximum absolute atomic E-state index is 14.0. The van der Waals surface area contributed by atoms with Crippen molar-refractivity contribution < 1.29 is 8.42 Å². The fourth-order valence-electron chi connectivity index (χ4n) is 4.15. The molecule has 0 saturated carbocycles. The molecule has 4 aromatic rings. The highest BCUT2D eigenvalue weighted by Crippen LogP contribution is 2.42. The average Bonchev–Trinajstić information content (AvgIpc) is 2.95. The number of hydrogen-bond donors (Lipinski definition) is 1. The topological polar surface area (TPSA) is 75.2 Å². The molecule has 0 fully saturated rings. The van der Waals surface area contributed by atoms with E-state index in [0.29, 0.717) is 17.2 Å². The molecular formula is C26H26N4O2S. The molecule has 6 nitrogen and oxygen atoms in total. The Bertz CT molecular complexity index is 1470. The van der Waals surface area contributed by atoms with E-state index >= 15 is 0 Å². The lowest BCUT2D eigenvalue weighted by Crippen LogP contribution is -2.30. The largest absolute Gasteiger partial charge is 0.338 e. The average molecular weight is 459 g/mol. The second kappa shape index (κ2) is 7.56. The Labute approximate surface area is 194 Å². The van der Waals surface area contributed by atoms with Gasteiger partial charge in [0.15, 0.2) is 0 Å². The zero-order chi connectivity index (χ0) is 23.4. The van der Waals surface area contributed by atoms with Crippen molar-refractivity contribution in [2.24, 2.45) is 0 Å². The molecule has 1 aliphatic heterocycles. The zero-order valence-corrected chi connectivity index (χ0v) is 19.9. The second-order valence-corrected chi connectivity index (χ2v) is 11.3. The van der Waals surface area contributed by atoms with Gasteiger partial charge in [0.1, 0.15) is 5.82 Å². The van der Waals surface area contributed by atoms with Crippen LogP contribution in [0.4, 0.5) is 17.2 Å². The van der Waals surface area contributed by atoms with Crippen LogP contribution in [0, 0.1) is 6.92 Å². The Balaban J connectivity index is 1.73. The first kappa shape index (κ1) is 21.4. The molecule has 0 bridgehead atoms. The molecule has 0 radical (unpaired) electrons. The number of hydrogen-bond acceptors (Lipinski definition) is 5. The summed E-state index contributed by atoms with van der Waals surface area (Å²) in [6.07, 6.45) is 1.71. The standard InChI is InChI=1S/C26H26N4O2S/c1-17-7-8-18-16-30(33(31,32)20-11-9-19(10-12-20)26(2,3)4)24-21-6-5-15-27-22(21)13-14-23(24)29-25(18)28-17/h5-15H,16H2,1-4H3,(H,28,29). The van der Waals surface area contributed by atoms with E-state index in [9.17, 15) is 8.42 Å². The maximum atomic E-state index is 14.0. The predicted molar refractivity (Wildman–Crippen MR) is 133 cm³/mol. The van der Waals surface area contributed by atoms with Gasteiger partial charge in [-0.2, -0.15) is 0 Å². The SMILES string of the molecule is Cc1ccc2c(n1)Nc1ccc3ncccc3c1N(S(=O)(=O)c1ccc(C(C)(C)C)cc1)C2. The van der Waals surface area contributed by atoms with E-state index in [2.05, 4.69) is 36.1 Å². The van der Waals surface area contributed by atoms with E-state index in [0.717, 1.165) is 27.7 Å². The number of fused-ring (bicyclic) bond motifs is 4. The normalized spacial score (nSPS) is 13.8. The fraction of sp³-hybridized carbons (Fsp3) is 0.231. The van der Waals surface area contributed by atoms with Crippen molar-refractivity contribution in [3.63, 3.8) is 0 Å². The van der Waals surface area contributed by atoms with E-state index < -0.39 is 10.0 Å². The lowest BCUT2D eigenvalue weighted by molar-refractivity contribution is 0.584. The predicted octanol–water partition coefficient (Wildman–Crippen LogP) is 5.69. The number of benzene rings is 2. The quantitative estimate of drug-likeness (QED) is 0.418. The van der Waals surface area contributed by atoms with E-state index in [-0.39, 0.29) is 16.9 Å². The highest BCUT2D eigenvalue weighted by molar-refractivity contribution is 7.92. The van der Waals surface area contributed by atoms with Crippen molar-refractivity contribution in [3.05, 3.63) is 83.7 Å². The molecule has 2 aromatic heterocycles. The van der Waals surface area contributed by atoms with Gasteiger partial charge in [-0.1, -0.05) is 39.0 Å². The molecule has 0 saturated heterocycles. The monoisotopic (exact) mass is 458 g/mol. The molecule has 2 aromatic carbocycles. The third-order valence-corrected chi connectivity index (χ3v) is 7.76. The minimum atomic E-state index is -3.87. The van der Waals surface area contributed by atoms with Crippen LogP contribution in [0.3, 0.4) is 0 Å². The Kier molecular flexibility index (Phi) is 4.90. The van der Waals surface area contributed by atoms with Gasteiger partial charge in [0.05, 0.1) is 28.3 Å². The first-order valence-corrected chi connectivity index (χ1v) is 12.3. The summed E-state index contributed by atoms with van der Waals surface area (Å²) in [5.74, 6) is 0.667. The van der Waals surface area contributed by atoms with Crippen LogP contribution in [0.25, 0.3) is 10.9 Å². The van der Waals surface area contributed by atoms with Crippen LogP contribution in [-0.2, 0) is 22.0 Å². The van der Waals surface area contributed by atoms with Gasteiger partial charge in [-0.3, -0.25) is 9.29 Å². The Morgan fingerprint density at radius 1 is 0.970 bits per heavy atom. The molecule has 0 unspecified atom stereocenters. The molecular weight excluding hydrogens is 432 g/mol.